The van der Waals surface area contributed by atoms with Crippen molar-refractivity contribution in [1.29, 1.82) is 0 Å². The first kappa shape index (κ1) is 13.8. The number of aldehydes is 1. The number of carbonyl (C=O) groups is 1. The van der Waals surface area contributed by atoms with Gasteiger partial charge in [0.05, 0.1) is 18.3 Å². The fraction of sp³-hybridized carbons (Fsp3) is 0.500. The molecule has 7 heteroatoms. The summed E-state index contributed by atoms with van der Waals surface area (Å²) in [6.45, 7) is 3.16. The van der Waals surface area contributed by atoms with Crippen LogP contribution in [0.2, 0.25) is 0 Å². The van der Waals surface area contributed by atoms with Crippen molar-refractivity contribution in [2.45, 2.75) is 26.2 Å². The molecule has 6 nitrogen and oxygen atoms in total. The van der Waals surface area contributed by atoms with Crippen molar-refractivity contribution in [2.24, 2.45) is 0 Å². The van der Waals surface area contributed by atoms with Crippen molar-refractivity contribution in [3.63, 3.8) is 0 Å². The van der Waals surface area contributed by atoms with Gasteiger partial charge < -0.3 is 9.84 Å². The van der Waals surface area contributed by atoms with E-state index in [0.29, 0.717) is 6.29 Å². The second-order valence-electron chi connectivity index (χ2n) is 3.60. The lowest BCUT2D eigenvalue weighted by Gasteiger charge is -2.19. The number of hydrogen-bond donors (Lipinski definition) is 2. The Morgan fingerprint density at radius 3 is 2.82 bits per heavy atom. The molecule has 0 bridgehead atoms. The van der Waals surface area contributed by atoms with Crippen LogP contribution in [-0.2, 0) is 4.74 Å². The molecule has 0 fully saturated rings. The van der Waals surface area contributed by atoms with Gasteiger partial charge in [0.2, 0.25) is 0 Å². The molecule has 0 amide bonds. The summed E-state index contributed by atoms with van der Waals surface area (Å²) >= 11 is 4.81. The van der Waals surface area contributed by atoms with Crippen LogP contribution in [0.1, 0.15) is 30.4 Å². The van der Waals surface area contributed by atoms with Crippen LogP contribution in [0, 0.1) is 4.64 Å². The van der Waals surface area contributed by atoms with Crippen molar-refractivity contribution in [3.05, 3.63) is 26.9 Å². The molecule has 0 saturated carbocycles. The van der Waals surface area contributed by atoms with Crippen LogP contribution >= 0.6 is 12.2 Å². The Bertz CT molecular complexity index is 508. The summed E-state index contributed by atoms with van der Waals surface area (Å²) in [6.07, 6.45) is 0.898. The van der Waals surface area contributed by atoms with E-state index in [1.165, 1.54) is 10.8 Å². The van der Waals surface area contributed by atoms with Gasteiger partial charge in [-0.3, -0.25) is 14.3 Å². The summed E-state index contributed by atoms with van der Waals surface area (Å²) < 4.78 is 6.66. The number of aromatic nitrogens is 2. The van der Waals surface area contributed by atoms with Crippen LogP contribution in [0.5, 0.6) is 0 Å². The molecule has 94 valence electrons. The van der Waals surface area contributed by atoms with Crippen LogP contribution in [0.25, 0.3) is 0 Å². The zero-order chi connectivity index (χ0) is 13.0. The fourth-order valence-corrected chi connectivity index (χ4v) is 1.49. The molecule has 17 heavy (non-hydrogen) atoms. The number of nitrogens with one attached hydrogen (secondary N) is 1. The molecule has 1 rings (SSSR count). The molecule has 0 saturated heterocycles. The molecular formula is C10H14N2O4S. The standard InChI is InChI=1S/C10H14N2O4S/c1-6(4-13)16-7(2)12-3-8(5-14)9(17)11-10(12)15/h3,5-7,13H,4H2,1-2H3,(H,11,15,17). The molecule has 0 aliphatic carbocycles. The molecule has 2 unspecified atom stereocenters. The molecule has 0 radical (unpaired) electrons. The lowest BCUT2D eigenvalue weighted by Crippen LogP contribution is -2.30. The minimum atomic E-state index is -0.602. The van der Waals surface area contributed by atoms with Gasteiger partial charge in [-0.2, -0.15) is 0 Å². The third-order valence-corrected chi connectivity index (χ3v) is 2.54. The van der Waals surface area contributed by atoms with E-state index in [-0.39, 0.29) is 16.8 Å². The maximum Gasteiger partial charge on any atom is 0.328 e. The minimum absolute atomic E-state index is 0.101. The van der Waals surface area contributed by atoms with Crippen LogP contribution in [0.15, 0.2) is 11.0 Å². The summed E-state index contributed by atoms with van der Waals surface area (Å²) in [5, 5.41) is 8.85. The van der Waals surface area contributed by atoms with Gasteiger partial charge in [0.25, 0.3) is 0 Å². The maximum absolute atomic E-state index is 11.6. The molecule has 1 aromatic heterocycles. The van der Waals surface area contributed by atoms with E-state index in [1.807, 2.05) is 0 Å². The van der Waals surface area contributed by atoms with Gasteiger partial charge in [0.1, 0.15) is 10.9 Å². The van der Waals surface area contributed by atoms with Crippen molar-refractivity contribution in [3.8, 4) is 0 Å². The summed E-state index contributed by atoms with van der Waals surface area (Å²) in [4.78, 5) is 24.7. The number of ether oxygens (including phenoxy) is 1. The molecular weight excluding hydrogens is 244 g/mol. The van der Waals surface area contributed by atoms with Crippen molar-refractivity contribution in [1.82, 2.24) is 9.55 Å². The van der Waals surface area contributed by atoms with Crippen LogP contribution < -0.4 is 5.69 Å². The lowest BCUT2D eigenvalue weighted by molar-refractivity contribution is -0.0580. The highest BCUT2D eigenvalue weighted by atomic mass is 32.1. The molecule has 0 aliphatic heterocycles. The first-order valence-electron chi connectivity index (χ1n) is 5.06. The van der Waals surface area contributed by atoms with E-state index in [4.69, 9.17) is 22.1 Å². The number of aliphatic hydroxyl groups is 1. The number of H-pyrrole nitrogens is 1. The van der Waals surface area contributed by atoms with E-state index < -0.39 is 18.0 Å². The summed E-state index contributed by atoms with van der Waals surface area (Å²) in [5.74, 6) is 0. The summed E-state index contributed by atoms with van der Waals surface area (Å²) in [6, 6.07) is 0. The van der Waals surface area contributed by atoms with Crippen molar-refractivity contribution in [2.75, 3.05) is 6.61 Å². The summed E-state index contributed by atoms with van der Waals surface area (Å²) in [5.41, 5.74) is -0.245. The lowest BCUT2D eigenvalue weighted by atomic mass is 10.4. The average molecular weight is 258 g/mol. The topological polar surface area (TPSA) is 84.3 Å². The molecule has 0 aliphatic rings. The van der Waals surface area contributed by atoms with Gasteiger partial charge in [-0.25, -0.2) is 4.79 Å². The molecule has 1 aromatic rings. The molecule has 2 N–H and O–H groups in total. The zero-order valence-corrected chi connectivity index (χ0v) is 10.4. The Morgan fingerprint density at radius 2 is 2.29 bits per heavy atom. The molecule has 2 atom stereocenters. The number of aliphatic hydroxyl groups excluding tert-OH is 1. The SMILES string of the molecule is CC(CO)OC(C)n1cc(C=O)c(=S)[nH]c1=O. The van der Waals surface area contributed by atoms with Crippen LogP contribution in [0.4, 0.5) is 0 Å². The second kappa shape index (κ2) is 5.85. The molecule has 0 spiro atoms. The quantitative estimate of drug-likeness (QED) is 0.598. The van der Waals surface area contributed by atoms with Gasteiger partial charge in [0, 0.05) is 6.20 Å². The number of rotatable bonds is 5. The maximum atomic E-state index is 11.6. The first-order valence-corrected chi connectivity index (χ1v) is 5.47. The third-order valence-electron chi connectivity index (χ3n) is 2.20. The Hall–Kier alpha value is -1.31. The van der Waals surface area contributed by atoms with Crippen LogP contribution in [-0.4, -0.2) is 33.7 Å². The Balaban J connectivity index is 3.09. The van der Waals surface area contributed by atoms with Crippen molar-refractivity contribution < 1.29 is 14.6 Å². The minimum Gasteiger partial charge on any atom is -0.394 e. The predicted octanol–water partition coefficient (Wildman–Crippen LogP) is 0.634. The first-order chi connectivity index (χ1) is 7.99. The number of nitrogens with zero attached hydrogens (tertiary/aromatic N) is 1. The molecule has 0 aromatic carbocycles. The summed E-state index contributed by atoms with van der Waals surface area (Å²) in [7, 11) is 0. The van der Waals surface area contributed by atoms with E-state index in [1.54, 1.807) is 13.8 Å². The van der Waals surface area contributed by atoms with E-state index in [2.05, 4.69) is 4.98 Å². The second-order valence-corrected chi connectivity index (χ2v) is 4.01. The van der Waals surface area contributed by atoms with Gasteiger partial charge in [0.15, 0.2) is 6.29 Å². The highest BCUT2D eigenvalue weighted by molar-refractivity contribution is 7.71. The Morgan fingerprint density at radius 1 is 1.65 bits per heavy atom. The predicted molar refractivity (Wildman–Crippen MR) is 63.6 cm³/mol. The largest absolute Gasteiger partial charge is 0.394 e. The van der Waals surface area contributed by atoms with E-state index >= 15 is 0 Å². The monoisotopic (exact) mass is 258 g/mol. The van der Waals surface area contributed by atoms with Gasteiger partial charge in [-0.15, -0.1) is 0 Å². The van der Waals surface area contributed by atoms with Gasteiger partial charge >= 0.3 is 5.69 Å². The normalized spacial score (nSPS) is 14.3. The Labute approximate surface area is 103 Å². The Kier molecular flexibility index (Phi) is 4.73. The van der Waals surface area contributed by atoms with E-state index in [0.717, 1.165) is 0 Å². The number of hydrogen-bond acceptors (Lipinski definition) is 5. The van der Waals surface area contributed by atoms with Crippen LogP contribution in [0.3, 0.4) is 0 Å². The fourth-order valence-electron chi connectivity index (χ4n) is 1.30. The molecule has 1 heterocycles. The van der Waals surface area contributed by atoms with Gasteiger partial charge in [-0.1, -0.05) is 12.2 Å². The highest BCUT2D eigenvalue weighted by Crippen LogP contribution is 2.08. The average Bonchev–Trinajstić information content (AvgIpc) is 2.28. The van der Waals surface area contributed by atoms with Crippen molar-refractivity contribution >= 4 is 18.5 Å². The number of carbonyl (C=O) groups excluding carboxylic acids is 1. The zero-order valence-electron chi connectivity index (χ0n) is 9.54. The van der Waals surface area contributed by atoms with Gasteiger partial charge in [-0.05, 0) is 13.8 Å². The highest BCUT2D eigenvalue weighted by Gasteiger charge is 2.12. The van der Waals surface area contributed by atoms with E-state index in [9.17, 15) is 9.59 Å². The number of aromatic amines is 1. The smallest absolute Gasteiger partial charge is 0.328 e. The third kappa shape index (κ3) is 3.32.